The number of aromatic nitrogens is 1. The number of hydrogen-bond donors (Lipinski definition) is 2. The lowest BCUT2D eigenvalue weighted by molar-refractivity contribution is -0.137. The molecule has 2 rings (SSSR count). The molecule has 5 nitrogen and oxygen atoms in total. The van der Waals surface area contributed by atoms with Gasteiger partial charge in [-0.25, -0.2) is 4.98 Å². The predicted octanol–water partition coefficient (Wildman–Crippen LogP) is 3.52. The van der Waals surface area contributed by atoms with Crippen LogP contribution in [0, 0.1) is 5.92 Å². The van der Waals surface area contributed by atoms with E-state index >= 15 is 0 Å². The molecule has 0 aliphatic carbocycles. The molecule has 2 aromatic heterocycles. The Balaban J connectivity index is 1.85. The van der Waals surface area contributed by atoms with Gasteiger partial charge in [0.05, 0.1) is 11.6 Å². The first-order valence-electron chi connectivity index (χ1n) is 6.98. The van der Waals surface area contributed by atoms with E-state index in [4.69, 9.17) is 9.52 Å². The Morgan fingerprint density at radius 1 is 1.45 bits per heavy atom. The summed E-state index contributed by atoms with van der Waals surface area (Å²) < 4.78 is 5.33. The van der Waals surface area contributed by atoms with Crippen LogP contribution in [0.25, 0.3) is 11.0 Å². The van der Waals surface area contributed by atoms with Crippen molar-refractivity contribution in [3.63, 3.8) is 0 Å². The van der Waals surface area contributed by atoms with Gasteiger partial charge in [-0.3, -0.25) is 4.79 Å². The monoisotopic (exact) mass is 276 g/mol. The summed E-state index contributed by atoms with van der Waals surface area (Å²) in [5, 5.41) is 13.0. The molecule has 108 valence electrons. The van der Waals surface area contributed by atoms with Gasteiger partial charge in [-0.15, -0.1) is 0 Å². The van der Waals surface area contributed by atoms with Gasteiger partial charge in [0.1, 0.15) is 11.4 Å². The Kier molecular flexibility index (Phi) is 4.98. The Morgan fingerprint density at radius 2 is 2.30 bits per heavy atom. The highest BCUT2D eigenvalue weighted by atomic mass is 16.4. The van der Waals surface area contributed by atoms with Crippen molar-refractivity contribution in [2.24, 2.45) is 5.92 Å². The van der Waals surface area contributed by atoms with Gasteiger partial charge in [-0.05, 0) is 30.9 Å². The largest absolute Gasteiger partial charge is 0.481 e. The zero-order chi connectivity index (χ0) is 14.4. The lowest BCUT2D eigenvalue weighted by Crippen LogP contribution is -2.11. The molecule has 0 saturated heterocycles. The number of furan rings is 1. The average molecular weight is 276 g/mol. The summed E-state index contributed by atoms with van der Waals surface area (Å²) >= 11 is 0. The first-order chi connectivity index (χ1) is 9.70. The van der Waals surface area contributed by atoms with Gasteiger partial charge in [-0.1, -0.05) is 13.3 Å². The molecule has 5 heteroatoms. The van der Waals surface area contributed by atoms with Gasteiger partial charge < -0.3 is 14.8 Å². The van der Waals surface area contributed by atoms with Crippen LogP contribution in [-0.2, 0) is 4.79 Å². The molecule has 0 aliphatic heterocycles. The molecule has 0 bridgehead atoms. The molecule has 0 saturated carbocycles. The highest BCUT2D eigenvalue weighted by Crippen LogP contribution is 2.22. The van der Waals surface area contributed by atoms with Gasteiger partial charge in [0.15, 0.2) is 0 Å². The molecule has 20 heavy (non-hydrogen) atoms. The van der Waals surface area contributed by atoms with Crippen LogP contribution >= 0.6 is 0 Å². The van der Waals surface area contributed by atoms with Crippen LogP contribution < -0.4 is 5.32 Å². The molecule has 0 fully saturated rings. The van der Waals surface area contributed by atoms with Gasteiger partial charge >= 0.3 is 5.97 Å². The highest BCUT2D eigenvalue weighted by Gasteiger charge is 2.10. The molecule has 1 unspecified atom stereocenters. The van der Waals surface area contributed by atoms with Crippen molar-refractivity contribution < 1.29 is 14.3 Å². The normalized spacial score (nSPS) is 12.4. The van der Waals surface area contributed by atoms with Crippen LogP contribution in [0.4, 0.5) is 5.82 Å². The van der Waals surface area contributed by atoms with Crippen molar-refractivity contribution in [2.45, 2.75) is 32.6 Å². The van der Waals surface area contributed by atoms with Gasteiger partial charge in [-0.2, -0.15) is 0 Å². The van der Waals surface area contributed by atoms with Crippen LogP contribution in [0.5, 0.6) is 0 Å². The number of anilines is 1. The second-order valence-corrected chi connectivity index (χ2v) is 4.91. The SMILES string of the molecule is CCC(CCNc1nccc2occc12)CCC(=O)O. The van der Waals surface area contributed by atoms with E-state index in [9.17, 15) is 4.79 Å². The minimum Gasteiger partial charge on any atom is -0.481 e. The highest BCUT2D eigenvalue weighted by molar-refractivity contribution is 5.87. The Bertz CT molecular complexity index is 565. The summed E-state index contributed by atoms with van der Waals surface area (Å²) in [6, 6.07) is 3.73. The molecule has 0 amide bonds. The molecular weight excluding hydrogens is 256 g/mol. The Hall–Kier alpha value is -2.04. The predicted molar refractivity (Wildman–Crippen MR) is 77.8 cm³/mol. The summed E-state index contributed by atoms with van der Waals surface area (Å²) in [7, 11) is 0. The van der Waals surface area contributed by atoms with E-state index in [1.54, 1.807) is 12.5 Å². The van der Waals surface area contributed by atoms with E-state index in [2.05, 4.69) is 17.2 Å². The maximum atomic E-state index is 10.6. The third-order valence-electron chi connectivity index (χ3n) is 3.57. The van der Waals surface area contributed by atoms with Crippen molar-refractivity contribution in [1.29, 1.82) is 0 Å². The van der Waals surface area contributed by atoms with Crippen LogP contribution in [0.1, 0.15) is 32.6 Å². The summed E-state index contributed by atoms with van der Waals surface area (Å²) in [4.78, 5) is 14.9. The lowest BCUT2D eigenvalue weighted by Gasteiger charge is -2.14. The third-order valence-corrected chi connectivity index (χ3v) is 3.57. The van der Waals surface area contributed by atoms with Crippen molar-refractivity contribution in [2.75, 3.05) is 11.9 Å². The molecule has 2 N–H and O–H groups in total. The summed E-state index contributed by atoms with van der Waals surface area (Å²) in [5.74, 6) is 0.535. The van der Waals surface area contributed by atoms with Crippen molar-refractivity contribution in [1.82, 2.24) is 4.98 Å². The van der Waals surface area contributed by atoms with E-state index in [0.717, 1.165) is 42.6 Å². The first kappa shape index (κ1) is 14.4. The number of nitrogens with zero attached hydrogens (tertiary/aromatic N) is 1. The number of carboxylic acids is 1. The molecule has 2 aromatic rings. The number of fused-ring (bicyclic) bond motifs is 1. The van der Waals surface area contributed by atoms with E-state index in [1.807, 2.05) is 12.1 Å². The number of rotatable bonds is 8. The number of pyridine rings is 1. The number of nitrogens with one attached hydrogen (secondary N) is 1. The molecule has 0 aliphatic rings. The van der Waals surface area contributed by atoms with Crippen LogP contribution in [0.3, 0.4) is 0 Å². The van der Waals surface area contributed by atoms with E-state index < -0.39 is 5.97 Å². The molecule has 2 heterocycles. The van der Waals surface area contributed by atoms with Crippen molar-refractivity contribution in [3.05, 3.63) is 24.6 Å². The molecule has 1 atom stereocenters. The van der Waals surface area contributed by atoms with E-state index in [1.165, 1.54) is 0 Å². The second-order valence-electron chi connectivity index (χ2n) is 4.91. The minimum atomic E-state index is -0.721. The second kappa shape index (κ2) is 6.93. The fourth-order valence-electron chi connectivity index (χ4n) is 2.31. The quantitative estimate of drug-likeness (QED) is 0.771. The van der Waals surface area contributed by atoms with Gasteiger partial charge in [0.2, 0.25) is 0 Å². The fraction of sp³-hybridized carbons (Fsp3) is 0.467. The van der Waals surface area contributed by atoms with E-state index in [-0.39, 0.29) is 6.42 Å². The zero-order valence-electron chi connectivity index (χ0n) is 11.6. The van der Waals surface area contributed by atoms with Crippen LogP contribution in [0.2, 0.25) is 0 Å². The zero-order valence-corrected chi connectivity index (χ0v) is 11.6. The topological polar surface area (TPSA) is 75.4 Å². The number of carbonyl (C=O) groups is 1. The van der Waals surface area contributed by atoms with E-state index in [0.29, 0.717) is 5.92 Å². The smallest absolute Gasteiger partial charge is 0.303 e. The van der Waals surface area contributed by atoms with Crippen molar-refractivity contribution >= 4 is 22.8 Å². The summed E-state index contributed by atoms with van der Waals surface area (Å²) in [5.41, 5.74) is 0.820. The van der Waals surface area contributed by atoms with Gasteiger partial charge in [0.25, 0.3) is 0 Å². The maximum Gasteiger partial charge on any atom is 0.303 e. The summed E-state index contributed by atoms with van der Waals surface area (Å²) in [6.07, 6.45) is 6.29. The lowest BCUT2D eigenvalue weighted by atomic mass is 9.97. The third kappa shape index (κ3) is 3.73. The van der Waals surface area contributed by atoms with Crippen LogP contribution in [0.15, 0.2) is 29.0 Å². The fourth-order valence-corrected chi connectivity index (χ4v) is 2.31. The molecule has 0 aromatic carbocycles. The standard InChI is InChI=1S/C15H20N2O3/c1-2-11(3-4-14(18)19)5-8-16-15-12-7-10-20-13(12)6-9-17-15/h6-7,9-11H,2-5,8H2,1H3,(H,16,17)(H,18,19). The first-order valence-corrected chi connectivity index (χ1v) is 6.98. The number of hydrogen-bond acceptors (Lipinski definition) is 4. The average Bonchev–Trinajstić information content (AvgIpc) is 2.91. The molecular formula is C15H20N2O3. The minimum absolute atomic E-state index is 0.244. The summed E-state index contributed by atoms with van der Waals surface area (Å²) in [6.45, 7) is 2.89. The molecule has 0 radical (unpaired) electrons. The molecule has 0 spiro atoms. The Morgan fingerprint density at radius 3 is 3.05 bits per heavy atom. The van der Waals surface area contributed by atoms with Gasteiger partial charge in [0, 0.05) is 19.2 Å². The maximum absolute atomic E-state index is 10.6. The Labute approximate surface area is 118 Å². The van der Waals surface area contributed by atoms with Crippen LogP contribution in [-0.4, -0.2) is 22.6 Å². The van der Waals surface area contributed by atoms with Crippen molar-refractivity contribution in [3.8, 4) is 0 Å². The number of carboxylic acid groups (broad SMARTS) is 1. The number of aliphatic carboxylic acids is 1.